The van der Waals surface area contributed by atoms with Crippen molar-refractivity contribution in [3.63, 3.8) is 0 Å². The van der Waals surface area contributed by atoms with Crippen LogP contribution in [0.1, 0.15) is 25.7 Å². The molecule has 0 aromatic heterocycles. The number of hydrogen-bond donors (Lipinski definition) is 1. The average Bonchev–Trinajstić information content (AvgIpc) is 2.82. The van der Waals surface area contributed by atoms with Crippen molar-refractivity contribution in [2.45, 2.75) is 25.7 Å². The summed E-state index contributed by atoms with van der Waals surface area (Å²) in [6, 6.07) is 6.23. The molecular weight excluding hydrogens is 312 g/mol. The second-order valence-electron chi connectivity index (χ2n) is 5.22. The van der Waals surface area contributed by atoms with Crippen LogP contribution in [0.15, 0.2) is 36.1 Å². The summed E-state index contributed by atoms with van der Waals surface area (Å²) in [5.41, 5.74) is 0.452. The molecule has 1 N–H and O–H groups in total. The Balaban J connectivity index is 1.86. The Morgan fingerprint density at radius 3 is 2.50 bits per heavy atom. The van der Waals surface area contributed by atoms with Gasteiger partial charge in [-0.25, -0.2) is 4.85 Å². The van der Waals surface area contributed by atoms with Crippen LogP contribution in [-0.2, 0) is 14.4 Å². The van der Waals surface area contributed by atoms with Crippen molar-refractivity contribution in [1.82, 2.24) is 4.90 Å². The van der Waals surface area contributed by atoms with Gasteiger partial charge >= 0.3 is 5.97 Å². The minimum atomic E-state index is -0.857. The van der Waals surface area contributed by atoms with E-state index in [1.54, 1.807) is 24.3 Å². The summed E-state index contributed by atoms with van der Waals surface area (Å²) in [6.45, 7) is 7.11. The Hall–Kier alpha value is -3.14. The van der Waals surface area contributed by atoms with E-state index in [1.807, 2.05) is 0 Å². The van der Waals surface area contributed by atoms with Crippen LogP contribution in [0.3, 0.4) is 0 Å². The van der Waals surface area contributed by atoms with Crippen LogP contribution in [-0.4, -0.2) is 34.3 Å². The first-order valence-electron chi connectivity index (χ1n) is 7.46. The van der Waals surface area contributed by atoms with E-state index in [1.165, 1.54) is 0 Å². The van der Waals surface area contributed by atoms with Gasteiger partial charge in [-0.2, -0.15) is 0 Å². The maximum absolute atomic E-state index is 12.2. The first-order chi connectivity index (χ1) is 11.5. The molecule has 24 heavy (non-hydrogen) atoms. The van der Waals surface area contributed by atoms with Crippen molar-refractivity contribution in [2.24, 2.45) is 0 Å². The standard InChI is InChI=1S/C17H16N2O5/c1-18-12-6-8-13(9-7-12)24-14-11-15(20)19(17(14)23)10-4-2-3-5-16(21)22/h6-9,11H,2-5,10H2,(H,21,22). The molecule has 1 aromatic carbocycles. The number of benzene rings is 1. The van der Waals surface area contributed by atoms with Gasteiger partial charge in [-0.15, -0.1) is 0 Å². The van der Waals surface area contributed by atoms with Gasteiger partial charge in [0.05, 0.1) is 12.6 Å². The Morgan fingerprint density at radius 1 is 1.17 bits per heavy atom. The van der Waals surface area contributed by atoms with Crippen LogP contribution in [0.2, 0.25) is 0 Å². The highest BCUT2D eigenvalue weighted by Gasteiger charge is 2.32. The lowest BCUT2D eigenvalue weighted by atomic mass is 10.2. The highest BCUT2D eigenvalue weighted by Crippen LogP contribution is 2.22. The molecule has 0 aliphatic carbocycles. The molecule has 0 atom stereocenters. The van der Waals surface area contributed by atoms with E-state index in [2.05, 4.69) is 4.85 Å². The van der Waals surface area contributed by atoms with Crippen LogP contribution in [0.4, 0.5) is 5.69 Å². The summed E-state index contributed by atoms with van der Waals surface area (Å²) >= 11 is 0. The number of rotatable bonds is 8. The number of imide groups is 1. The number of nitrogens with zero attached hydrogens (tertiary/aromatic N) is 2. The molecule has 0 saturated carbocycles. The van der Waals surface area contributed by atoms with Gasteiger partial charge in [-0.05, 0) is 25.0 Å². The molecule has 0 saturated heterocycles. The molecule has 2 amide bonds. The fraction of sp³-hybridized carbons (Fsp3) is 0.294. The summed E-state index contributed by atoms with van der Waals surface area (Å²) in [6.07, 6.45) is 2.90. The second kappa shape index (κ2) is 7.92. The molecule has 0 bridgehead atoms. The lowest BCUT2D eigenvalue weighted by molar-refractivity contribution is -0.139. The summed E-state index contributed by atoms with van der Waals surface area (Å²) < 4.78 is 5.42. The first kappa shape index (κ1) is 17.2. The normalized spacial score (nSPS) is 13.6. The minimum absolute atomic E-state index is 0.0545. The molecule has 2 rings (SSSR count). The van der Waals surface area contributed by atoms with Crippen LogP contribution in [0, 0.1) is 6.57 Å². The number of hydrogen-bond acceptors (Lipinski definition) is 4. The van der Waals surface area contributed by atoms with Gasteiger partial charge in [0.1, 0.15) is 5.75 Å². The SMILES string of the molecule is [C-]#[N+]c1ccc(OC2=CC(=O)N(CCCCCC(=O)O)C2=O)cc1. The monoisotopic (exact) mass is 328 g/mol. The molecule has 0 fully saturated rings. The van der Waals surface area contributed by atoms with Crippen molar-refractivity contribution < 1.29 is 24.2 Å². The number of unbranched alkanes of at least 4 members (excludes halogenated alkanes) is 2. The van der Waals surface area contributed by atoms with Crippen LogP contribution >= 0.6 is 0 Å². The van der Waals surface area contributed by atoms with Crippen LogP contribution in [0.25, 0.3) is 4.85 Å². The van der Waals surface area contributed by atoms with E-state index in [4.69, 9.17) is 16.4 Å². The van der Waals surface area contributed by atoms with Gasteiger partial charge in [0.25, 0.3) is 11.8 Å². The highest BCUT2D eigenvalue weighted by molar-refractivity contribution is 6.15. The van der Waals surface area contributed by atoms with Crippen molar-refractivity contribution in [2.75, 3.05) is 6.54 Å². The molecule has 0 spiro atoms. The molecule has 7 nitrogen and oxygen atoms in total. The quantitative estimate of drug-likeness (QED) is 0.450. The predicted molar refractivity (Wildman–Crippen MR) is 84.2 cm³/mol. The smallest absolute Gasteiger partial charge is 0.303 e. The van der Waals surface area contributed by atoms with Gasteiger partial charge < -0.3 is 9.84 Å². The van der Waals surface area contributed by atoms with Crippen molar-refractivity contribution in [3.05, 3.63) is 47.5 Å². The zero-order valence-electron chi connectivity index (χ0n) is 12.9. The first-order valence-corrected chi connectivity index (χ1v) is 7.46. The second-order valence-corrected chi connectivity index (χ2v) is 5.22. The molecule has 7 heteroatoms. The van der Waals surface area contributed by atoms with Crippen LogP contribution < -0.4 is 4.74 Å². The highest BCUT2D eigenvalue weighted by atomic mass is 16.5. The van der Waals surface area contributed by atoms with Crippen LogP contribution in [0.5, 0.6) is 5.75 Å². The molecule has 1 heterocycles. The van der Waals surface area contributed by atoms with E-state index >= 15 is 0 Å². The summed E-state index contributed by atoms with van der Waals surface area (Å²) in [5.74, 6) is -1.48. The largest absolute Gasteiger partial charge is 0.481 e. The van der Waals surface area contributed by atoms with E-state index in [-0.39, 0.29) is 18.7 Å². The third-order valence-corrected chi connectivity index (χ3v) is 3.44. The number of carbonyl (C=O) groups is 3. The van der Waals surface area contributed by atoms with Crippen molar-refractivity contribution in [3.8, 4) is 5.75 Å². The summed E-state index contributed by atoms with van der Waals surface area (Å²) in [4.78, 5) is 38.8. The van der Waals surface area contributed by atoms with Gasteiger partial charge in [-0.3, -0.25) is 19.3 Å². The lowest BCUT2D eigenvalue weighted by Gasteiger charge is -2.14. The molecule has 1 aliphatic rings. The molecule has 0 unspecified atom stereocenters. The third kappa shape index (κ3) is 4.43. The topological polar surface area (TPSA) is 88.3 Å². The van der Waals surface area contributed by atoms with Crippen molar-refractivity contribution >= 4 is 23.5 Å². The van der Waals surface area contributed by atoms with E-state index < -0.39 is 17.8 Å². The van der Waals surface area contributed by atoms with Gasteiger partial charge in [0, 0.05) is 13.0 Å². The van der Waals surface area contributed by atoms with Gasteiger partial charge in [-0.1, -0.05) is 18.6 Å². The van der Waals surface area contributed by atoms with Gasteiger partial charge in [0.15, 0.2) is 11.4 Å². The maximum Gasteiger partial charge on any atom is 0.303 e. The summed E-state index contributed by atoms with van der Waals surface area (Å²) in [5, 5.41) is 8.56. The predicted octanol–water partition coefficient (Wildman–Crippen LogP) is 2.51. The molecule has 1 aliphatic heterocycles. The number of amides is 2. The Labute approximate surface area is 139 Å². The fourth-order valence-corrected chi connectivity index (χ4v) is 2.21. The molecular formula is C17H16N2O5. The number of ether oxygens (including phenoxy) is 1. The van der Waals surface area contributed by atoms with E-state index in [9.17, 15) is 14.4 Å². The zero-order valence-corrected chi connectivity index (χ0v) is 12.9. The summed E-state index contributed by atoms with van der Waals surface area (Å²) in [7, 11) is 0. The maximum atomic E-state index is 12.2. The number of carbonyl (C=O) groups excluding carboxylic acids is 2. The third-order valence-electron chi connectivity index (χ3n) is 3.44. The molecule has 0 radical (unpaired) electrons. The molecule has 1 aromatic rings. The fourth-order valence-electron chi connectivity index (χ4n) is 2.21. The average molecular weight is 328 g/mol. The minimum Gasteiger partial charge on any atom is -0.481 e. The van der Waals surface area contributed by atoms with E-state index in [0.29, 0.717) is 30.7 Å². The van der Waals surface area contributed by atoms with Gasteiger partial charge in [0.2, 0.25) is 0 Å². The number of aliphatic carboxylic acids is 1. The zero-order chi connectivity index (χ0) is 17.5. The van der Waals surface area contributed by atoms with E-state index in [0.717, 1.165) is 11.0 Å². The Kier molecular flexibility index (Phi) is 5.68. The van der Waals surface area contributed by atoms with Crippen molar-refractivity contribution in [1.29, 1.82) is 0 Å². The number of carboxylic acids is 1. The Morgan fingerprint density at radius 2 is 1.88 bits per heavy atom. The molecule has 124 valence electrons. The lowest BCUT2D eigenvalue weighted by Crippen LogP contribution is -2.32. The number of carboxylic acid groups (broad SMARTS) is 1. The Bertz CT molecular complexity index is 715.